The van der Waals surface area contributed by atoms with E-state index in [1.807, 2.05) is 42.5 Å². The van der Waals surface area contributed by atoms with Crippen molar-refractivity contribution in [2.24, 2.45) is 0 Å². The molecule has 2 N–H and O–H groups in total. The van der Waals surface area contributed by atoms with Gasteiger partial charge in [0.15, 0.2) is 11.5 Å². The molecule has 5 heteroatoms. The average Bonchev–Trinajstić information content (AvgIpc) is 2.96. The number of imidazole rings is 1. The van der Waals surface area contributed by atoms with Crippen molar-refractivity contribution in [3.8, 4) is 11.5 Å². The number of anilines is 1. The maximum absolute atomic E-state index is 5.35. The Kier molecular flexibility index (Phi) is 3.87. The Bertz CT molecular complexity index is 749. The smallest absolute Gasteiger partial charge is 0.201 e. The third kappa shape index (κ3) is 2.70. The molecule has 1 unspecified atom stereocenters. The Balaban J connectivity index is 1.83. The molecule has 0 saturated heterocycles. The summed E-state index contributed by atoms with van der Waals surface area (Å²) in [6.07, 6.45) is 0. The van der Waals surface area contributed by atoms with E-state index in [2.05, 4.69) is 22.2 Å². The van der Waals surface area contributed by atoms with E-state index in [1.54, 1.807) is 14.2 Å². The van der Waals surface area contributed by atoms with Gasteiger partial charge in [-0.15, -0.1) is 0 Å². The van der Waals surface area contributed by atoms with Crippen molar-refractivity contribution < 1.29 is 9.47 Å². The average molecular weight is 297 g/mol. The van der Waals surface area contributed by atoms with Crippen LogP contribution in [0.5, 0.6) is 11.5 Å². The third-order valence-corrected chi connectivity index (χ3v) is 3.65. The van der Waals surface area contributed by atoms with Crippen LogP contribution in [0.4, 0.5) is 5.95 Å². The molecule has 0 amide bonds. The van der Waals surface area contributed by atoms with Gasteiger partial charge in [-0.1, -0.05) is 18.2 Å². The Morgan fingerprint density at radius 1 is 1.05 bits per heavy atom. The van der Waals surface area contributed by atoms with Gasteiger partial charge in [0.2, 0.25) is 5.95 Å². The first-order valence-corrected chi connectivity index (χ1v) is 7.14. The molecule has 0 radical (unpaired) electrons. The molecule has 1 atom stereocenters. The monoisotopic (exact) mass is 297 g/mol. The number of H-pyrrole nitrogens is 1. The van der Waals surface area contributed by atoms with Crippen LogP contribution in [0, 0.1) is 0 Å². The highest BCUT2D eigenvalue weighted by atomic mass is 16.5. The normalized spacial score (nSPS) is 12.1. The lowest BCUT2D eigenvalue weighted by Gasteiger charge is -2.16. The molecule has 0 aliphatic rings. The molecule has 1 heterocycles. The van der Waals surface area contributed by atoms with E-state index < -0.39 is 0 Å². The molecular weight excluding hydrogens is 278 g/mol. The number of methoxy groups -OCH3 is 2. The fourth-order valence-electron chi connectivity index (χ4n) is 2.43. The molecule has 0 saturated carbocycles. The summed E-state index contributed by atoms with van der Waals surface area (Å²) < 4.78 is 10.6. The van der Waals surface area contributed by atoms with E-state index in [1.165, 1.54) is 0 Å². The summed E-state index contributed by atoms with van der Waals surface area (Å²) in [6.45, 7) is 2.08. The quantitative estimate of drug-likeness (QED) is 0.753. The van der Waals surface area contributed by atoms with E-state index in [0.717, 1.165) is 34.0 Å². The van der Waals surface area contributed by atoms with Gasteiger partial charge in [0.1, 0.15) is 0 Å². The number of rotatable bonds is 5. The number of ether oxygens (including phenoxy) is 2. The van der Waals surface area contributed by atoms with Crippen molar-refractivity contribution in [1.29, 1.82) is 0 Å². The van der Waals surface area contributed by atoms with Crippen molar-refractivity contribution in [2.75, 3.05) is 19.5 Å². The second kappa shape index (κ2) is 5.97. The summed E-state index contributed by atoms with van der Waals surface area (Å²) in [7, 11) is 3.27. The minimum absolute atomic E-state index is 0.0837. The van der Waals surface area contributed by atoms with Crippen molar-refractivity contribution in [2.45, 2.75) is 13.0 Å². The molecule has 22 heavy (non-hydrogen) atoms. The van der Waals surface area contributed by atoms with E-state index in [-0.39, 0.29) is 6.04 Å². The lowest BCUT2D eigenvalue weighted by molar-refractivity contribution is 0.354. The largest absolute Gasteiger partial charge is 0.493 e. The van der Waals surface area contributed by atoms with Gasteiger partial charge < -0.3 is 19.8 Å². The number of fused-ring (bicyclic) bond motifs is 1. The first-order valence-electron chi connectivity index (χ1n) is 7.14. The molecule has 0 aliphatic carbocycles. The van der Waals surface area contributed by atoms with Gasteiger partial charge in [-0.2, -0.15) is 0 Å². The fraction of sp³-hybridized carbons (Fsp3) is 0.235. The summed E-state index contributed by atoms with van der Waals surface area (Å²) in [6, 6.07) is 13.9. The summed E-state index contributed by atoms with van der Waals surface area (Å²) in [5.41, 5.74) is 3.06. The topological polar surface area (TPSA) is 59.2 Å². The molecule has 3 aromatic rings. The van der Waals surface area contributed by atoms with E-state index in [0.29, 0.717) is 0 Å². The van der Waals surface area contributed by atoms with Gasteiger partial charge in [0, 0.05) is 0 Å². The third-order valence-electron chi connectivity index (χ3n) is 3.65. The molecule has 0 fully saturated rings. The number of aromatic nitrogens is 2. The second-order valence-corrected chi connectivity index (χ2v) is 5.08. The van der Waals surface area contributed by atoms with E-state index in [9.17, 15) is 0 Å². The molecule has 0 spiro atoms. The standard InChI is InChI=1S/C17H19N3O2/c1-11(12-8-9-15(21-2)16(10-12)22-3)18-17-19-13-6-4-5-7-14(13)20-17/h4-11H,1-3H3,(H2,18,19,20). The first kappa shape index (κ1) is 14.3. The van der Waals surface area contributed by atoms with Gasteiger partial charge in [0.25, 0.3) is 0 Å². The van der Waals surface area contributed by atoms with Gasteiger partial charge >= 0.3 is 0 Å². The summed E-state index contributed by atoms with van der Waals surface area (Å²) in [5.74, 6) is 2.20. The van der Waals surface area contributed by atoms with E-state index >= 15 is 0 Å². The van der Waals surface area contributed by atoms with Crippen LogP contribution in [-0.2, 0) is 0 Å². The molecule has 114 valence electrons. The number of hydrogen-bond donors (Lipinski definition) is 2. The number of nitrogens with zero attached hydrogens (tertiary/aromatic N) is 1. The number of benzene rings is 2. The minimum Gasteiger partial charge on any atom is -0.493 e. The number of nitrogens with one attached hydrogen (secondary N) is 2. The Morgan fingerprint density at radius 2 is 1.82 bits per heavy atom. The van der Waals surface area contributed by atoms with Crippen molar-refractivity contribution in [1.82, 2.24) is 9.97 Å². The van der Waals surface area contributed by atoms with Crippen LogP contribution in [0.1, 0.15) is 18.5 Å². The Labute approximate surface area is 129 Å². The fourth-order valence-corrected chi connectivity index (χ4v) is 2.43. The zero-order valence-corrected chi connectivity index (χ0v) is 12.9. The van der Waals surface area contributed by atoms with E-state index in [4.69, 9.17) is 9.47 Å². The lowest BCUT2D eigenvalue weighted by atomic mass is 10.1. The van der Waals surface area contributed by atoms with Crippen LogP contribution < -0.4 is 14.8 Å². The Morgan fingerprint density at radius 3 is 2.55 bits per heavy atom. The number of aromatic amines is 1. The van der Waals surface area contributed by atoms with Crippen LogP contribution in [-0.4, -0.2) is 24.2 Å². The zero-order chi connectivity index (χ0) is 15.5. The molecule has 0 aliphatic heterocycles. The van der Waals surface area contributed by atoms with Crippen molar-refractivity contribution in [3.05, 3.63) is 48.0 Å². The zero-order valence-electron chi connectivity index (χ0n) is 12.9. The van der Waals surface area contributed by atoms with Gasteiger partial charge in [0.05, 0.1) is 31.3 Å². The minimum atomic E-state index is 0.0837. The van der Waals surface area contributed by atoms with Crippen molar-refractivity contribution >= 4 is 17.0 Å². The maximum atomic E-state index is 5.35. The summed E-state index contributed by atoms with van der Waals surface area (Å²) in [5, 5.41) is 3.37. The highest BCUT2D eigenvalue weighted by molar-refractivity contribution is 5.77. The van der Waals surface area contributed by atoms with Crippen LogP contribution in [0.25, 0.3) is 11.0 Å². The second-order valence-electron chi connectivity index (χ2n) is 5.08. The molecule has 5 nitrogen and oxygen atoms in total. The molecule has 2 aromatic carbocycles. The summed E-state index contributed by atoms with van der Waals surface area (Å²) >= 11 is 0. The Hall–Kier alpha value is -2.69. The van der Waals surface area contributed by atoms with Crippen LogP contribution in [0.15, 0.2) is 42.5 Å². The SMILES string of the molecule is COc1ccc(C(C)Nc2nc3ccccc3[nH]2)cc1OC. The van der Waals surface area contributed by atoms with Crippen molar-refractivity contribution in [3.63, 3.8) is 0 Å². The van der Waals surface area contributed by atoms with Gasteiger partial charge in [-0.25, -0.2) is 4.98 Å². The predicted molar refractivity (Wildman–Crippen MR) is 87.7 cm³/mol. The molecular formula is C17H19N3O2. The molecule has 3 rings (SSSR count). The first-order chi connectivity index (χ1) is 10.7. The number of para-hydroxylation sites is 2. The molecule has 0 bridgehead atoms. The summed E-state index contributed by atoms with van der Waals surface area (Å²) in [4.78, 5) is 7.80. The highest BCUT2D eigenvalue weighted by Gasteiger charge is 2.11. The predicted octanol–water partition coefficient (Wildman–Crippen LogP) is 3.75. The highest BCUT2D eigenvalue weighted by Crippen LogP contribution is 2.30. The molecule has 1 aromatic heterocycles. The maximum Gasteiger partial charge on any atom is 0.201 e. The van der Waals surface area contributed by atoms with Crippen LogP contribution in [0.3, 0.4) is 0 Å². The van der Waals surface area contributed by atoms with Crippen LogP contribution in [0.2, 0.25) is 0 Å². The lowest BCUT2D eigenvalue weighted by Crippen LogP contribution is -2.08. The van der Waals surface area contributed by atoms with Gasteiger partial charge in [-0.05, 0) is 36.8 Å². The van der Waals surface area contributed by atoms with Crippen LogP contribution >= 0.6 is 0 Å². The number of hydrogen-bond acceptors (Lipinski definition) is 4. The van der Waals surface area contributed by atoms with Gasteiger partial charge in [-0.3, -0.25) is 0 Å².